The molecule has 4 aromatic rings. The van der Waals surface area contributed by atoms with Crippen molar-refractivity contribution in [3.8, 4) is 16.5 Å². The molecule has 5 rings (SSSR count). The summed E-state index contributed by atoms with van der Waals surface area (Å²) in [5, 5.41) is 26.8. The molecule has 0 saturated heterocycles. The molecule has 1 fully saturated rings. The van der Waals surface area contributed by atoms with E-state index < -0.39 is 36.1 Å². The van der Waals surface area contributed by atoms with Crippen LogP contribution < -0.4 is 10.2 Å². The third-order valence-corrected chi connectivity index (χ3v) is 7.47. The number of aromatic nitrogens is 4. The Morgan fingerprint density at radius 1 is 1.10 bits per heavy atom. The number of phenolic OH excluding ortho intramolecular Hbond substituents is 1. The number of hydrogen-bond donors (Lipinski definition) is 2. The lowest BCUT2D eigenvalue weighted by atomic mass is 10.0. The van der Waals surface area contributed by atoms with E-state index in [4.69, 9.17) is 0 Å². The van der Waals surface area contributed by atoms with Gasteiger partial charge in [-0.25, -0.2) is 0 Å². The predicted molar refractivity (Wildman–Crippen MR) is 141 cm³/mol. The molecule has 1 saturated carbocycles. The number of amides is 2. The fourth-order valence-corrected chi connectivity index (χ4v) is 5.35. The molecule has 1 atom stereocenters. The van der Waals surface area contributed by atoms with Crippen LogP contribution in [0.5, 0.6) is 5.75 Å². The van der Waals surface area contributed by atoms with Crippen molar-refractivity contribution in [2.24, 2.45) is 0 Å². The molecule has 2 aromatic heterocycles. The van der Waals surface area contributed by atoms with Crippen LogP contribution in [0.15, 0.2) is 66.0 Å². The Balaban J connectivity index is 1.56. The second kappa shape index (κ2) is 11.5. The van der Waals surface area contributed by atoms with Gasteiger partial charge in [-0.3, -0.25) is 14.5 Å². The van der Waals surface area contributed by atoms with Crippen LogP contribution in [-0.2, 0) is 22.3 Å². The summed E-state index contributed by atoms with van der Waals surface area (Å²) in [5.74, 6) is -1.05. The molecule has 1 unspecified atom stereocenters. The van der Waals surface area contributed by atoms with Crippen molar-refractivity contribution < 1.29 is 27.9 Å². The number of carbonyl (C=O) groups is 2. The molecule has 40 heavy (non-hydrogen) atoms. The van der Waals surface area contributed by atoms with Gasteiger partial charge < -0.3 is 10.4 Å². The van der Waals surface area contributed by atoms with Crippen molar-refractivity contribution in [3.63, 3.8) is 0 Å². The van der Waals surface area contributed by atoms with Crippen LogP contribution in [-0.4, -0.2) is 43.2 Å². The normalized spacial score (nSPS) is 14.7. The van der Waals surface area contributed by atoms with Gasteiger partial charge in [-0.2, -0.15) is 18.0 Å². The molecule has 0 spiro atoms. The van der Waals surface area contributed by atoms with Crippen molar-refractivity contribution in [3.05, 3.63) is 77.2 Å². The molecule has 0 aliphatic heterocycles. The lowest BCUT2D eigenvalue weighted by Crippen LogP contribution is -2.47. The van der Waals surface area contributed by atoms with Gasteiger partial charge in [0.1, 0.15) is 18.3 Å². The number of hydrogen-bond acceptors (Lipinski definition) is 7. The van der Waals surface area contributed by atoms with Gasteiger partial charge in [0.05, 0.1) is 10.4 Å². The van der Waals surface area contributed by atoms with E-state index in [1.165, 1.54) is 47.7 Å². The number of nitrogens with one attached hydrogen (secondary N) is 1. The molecular weight excluding hydrogens is 545 g/mol. The number of halogens is 3. The molecule has 0 radical (unpaired) electrons. The molecule has 208 valence electrons. The number of benzene rings is 2. The number of tetrazole rings is 1. The maximum atomic E-state index is 13.9. The van der Waals surface area contributed by atoms with E-state index in [1.807, 2.05) is 11.4 Å². The van der Waals surface area contributed by atoms with E-state index in [1.54, 1.807) is 6.07 Å². The van der Waals surface area contributed by atoms with Crippen LogP contribution in [0, 0.1) is 0 Å². The zero-order valence-electron chi connectivity index (χ0n) is 21.1. The highest BCUT2D eigenvalue weighted by Gasteiger charge is 2.37. The summed E-state index contributed by atoms with van der Waals surface area (Å²) in [6.07, 6.45) is -1.26. The average molecular weight is 571 g/mol. The fourth-order valence-electron chi connectivity index (χ4n) is 4.71. The van der Waals surface area contributed by atoms with Gasteiger partial charge in [-0.15, -0.1) is 21.5 Å². The Morgan fingerprint density at radius 2 is 1.85 bits per heavy atom. The van der Waals surface area contributed by atoms with Gasteiger partial charge in [0.2, 0.25) is 11.7 Å². The smallest absolute Gasteiger partial charge is 0.416 e. The summed E-state index contributed by atoms with van der Waals surface area (Å²) >= 11 is 1.38. The lowest BCUT2D eigenvalue weighted by Gasteiger charge is -2.32. The standard InChI is InChI=1S/C27H25F3N6O3S/c28-27(29,30)18-5-3-8-20(15-18)36(23(38)16-35-33-25(32-34-35)22-9-4-14-40-22)24(17-10-12-21(37)13-11-17)26(39)31-19-6-1-2-7-19/h3-5,8-15,19,24,37H,1-2,6-7,16H2,(H,31,39). The first-order chi connectivity index (χ1) is 19.2. The average Bonchev–Trinajstić information content (AvgIpc) is 3.71. The minimum Gasteiger partial charge on any atom is -0.508 e. The SMILES string of the molecule is O=C(NC1CCCC1)C(c1ccc(O)cc1)N(C(=O)Cn1nnc(-c2cccs2)n1)c1cccc(C(F)(F)F)c1. The summed E-state index contributed by atoms with van der Waals surface area (Å²) < 4.78 is 41.0. The molecule has 2 N–H and O–H groups in total. The molecule has 2 amide bonds. The van der Waals surface area contributed by atoms with E-state index in [0.29, 0.717) is 11.4 Å². The summed E-state index contributed by atoms with van der Waals surface area (Å²) in [7, 11) is 0. The Hall–Kier alpha value is -4.26. The van der Waals surface area contributed by atoms with Crippen LogP contribution in [0.25, 0.3) is 10.7 Å². The maximum Gasteiger partial charge on any atom is 0.416 e. The van der Waals surface area contributed by atoms with Crippen molar-refractivity contribution >= 4 is 28.8 Å². The molecule has 2 heterocycles. The van der Waals surface area contributed by atoms with Crippen molar-refractivity contribution in [2.45, 2.75) is 50.5 Å². The summed E-state index contributed by atoms with van der Waals surface area (Å²) in [6, 6.07) is 12.0. The van der Waals surface area contributed by atoms with E-state index >= 15 is 0 Å². The maximum absolute atomic E-state index is 13.9. The highest BCUT2D eigenvalue weighted by atomic mass is 32.1. The summed E-state index contributed by atoms with van der Waals surface area (Å²) in [4.78, 5) is 30.4. The number of phenols is 1. The number of aromatic hydroxyl groups is 1. The van der Waals surface area contributed by atoms with Crippen LogP contribution in [0.4, 0.5) is 18.9 Å². The number of nitrogens with zero attached hydrogens (tertiary/aromatic N) is 5. The van der Waals surface area contributed by atoms with Crippen LogP contribution >= 0.6 is 11.3 Å². The van der Waals surface area contributed by atoms with E-state index in [-0.39, 0.29) is 17.5 Å². The van der Waals surface area contributed by atoms with Gasteiger partial charge in [0.15, 0.2) is 0 Å². The van der Waals surface area contributed by atoms with Crippen LogP contribution in [0.1, 0.15) is 42.9 Å². The summed E-state index contributed by atoms with van der Waals surface area (Å²) in [5.41, 5.74) is -0.787. The van der Waals surface area contributed by atoms with Gasteiger partial charge in [0, 0.05) is 11.7 Å². The first-order valence-electron chi connectivity index (χ1n) is 12.6. The molecule has 0 bridgehead atoms. The summed E-state index contributed by atoms with van der Waals surface area (Å²) in [6.45, 7) is -0.486. The molecule has 1 aliphatic rings. The molecular formula is C27H25F3N6O3S. The van der Waals surface area contributed by atoms with E-state index in [9.17, 15) is 27.9 Å². The fraction of sp³-hybridized carbons (Fsp3) is 0.296. The number of alkyl halides is 3. The number of rotatable bonds is 8. The number of thiophene rings is 1. The van der Waals surface area contributed by atoms with Crippen LogP contribution in [0.3, 0.4) is 0 Å². The van der Waals surface area contributed by atoms with Crippen molar-refractivity contribution in [2.75, 3.05) is 4.90 Å². The van der Waals surface area contributed by atoms with E-state index in [0.717, 1.165) is 52.4 Å². The minimum atomic E-state index is -4.67. The Labute approximate surface area is 231 Å². The Bertz CT molecular complexity index is 1470. The minimum absolute atomic E-state index is 0.0661. The Kier molecular flexibility index (Phi) is 7.83. The monoisotopic (exact) mass is 570 g/mol. The number of anilines is 1. The van der Waals surface area contributed by atoms with Gasteiger partial charge in [0.25, 0.3) is 5.91 Å². The second-order valence-electron chi connectivity index (χ2n) is 9.42. The first kappa shape index (κ1) is 27.3. The van der Waals surface area contributed by atoms with Crippen molar-refractivity contribution in [1.82, 2.24) is 25.5 Å². The van der Waals surface area contributed by atoms with Gasteiger partial charge >= 0.3 is 6.18 Å². The van der Waals surface area contributed by atoms with Crippen LogP contribution in [0.2, 0.25) is 0 Å². The molecule has 13 heteroatoms. The topological polar surface area (TPSA) is 113 Å². The van der Waals surface area contributed by atoms with Gasteiger partial charge in [-0.1, -0.05) is 37.1 Å². The second-order valence-corrected chi connectivity index (χ2v) is 10.4. The molecule has 9 nitrogen and oxygen atoms in total. The van der Waals surface area contributed by atoms with Crippen molar-refractivity contribution in [1.29, 1.82) is 0 Å². The number of carbonyl (C=O) groups excluding carboxylic acids is 2. The quantitative estimate of drug-likeness (QED) is 0.310. The largest absolute Gasteiger partial charge is 0.508 e. The van der Waals surface area contributed by atoms with E-state index in [2.05, 4.69) is 20.7 Å². The molecule has 2 aromatic carbocycles. The first-order valence-corrected chi connectivity index (χ1v) is 13.5. The zero-order chi connectivity index (χ0) is 28.3. The highest BCUT2D eigenvalue weighted by Crippen LogP contribution is 2.35. The Morgan fingerprint density at radius 3 is 2.52 bits per heavy atom. The lowest BCUT2D eigenvalue weighted by molar-refractivity contribution is -0.137. The molecule has 1 aliphatic carbocycles. The van der Waals surface area contributed by atoms with Gasteiger partial charge in [-0.05, 0) is 65.4 Å². The predicted octanol–water partition coefficient (Wildman–Crippen LogP) is 4.96. The third-order valence-electron chi connectivity index (χ3n) is 6.61. The highest BCUT2D eigenvalue weighted by molar-refractivity contribution is 7.13. The third kappa shape index (κ3) is 6.14. The zero-order valence-corrected chi connectivity index (χ0v) is 21.9.